The minimum absolute atomic E-state index is 0.0180. The lowest BCUT2D eigenvalue weighted by Crippen LogP contribution is -2.22. The predicted octanol–water partition coefficient (Wildman–Crippen LogP) is 3.45. The summed E-state index contributed by atoms with van der Waals surface area (Å²) in [5.41, 5.74) is 7.91. The van der Waals surface area contributed by atoms with Gasteiger partial charge < -0.3 is 11.1 Å². The number of rotatable bonds is 4. The van der Waals surface area contributed by atoms with Crippen LogP contribution in [0, 0.1) is 11.6 Å². The van der Waals surface area contributed by atoms with Crippen LogP contribution in [0.3, 0.4) is 0 Å². The summed E-state index contributed by atoms with van der Waals surface area (Å²) in [6.45, 7) is 2.04. The van der Waals surface area contributed by atoms with Crippen LogP contribution in [0.1, 0.15) is 18.1 Å². The molecule has 0 atom stereocenters. The van der Waals surface area contributed by atoms with E-state index in [2.05, 4.69) is 17.2 Å². The lowest BCUT2D eigenvalue weighted by Gasteiger charge is -2.07. The van der Waals surface area contributed by atoms with Crippen LogP contribution in [0.2, 0.25) is 0 Å². The summed E-state index contributed by atoms with van der Waals surface area (Å²) in [5.74, 6) is -0.836. The van der Waals surface area contributed by atoms with E-state index in [0.29, 0.717) is 0 Å². The number of hydrogen-bond acceptors (Lipinski definition) is 1. The molecule has 3 N–H and O–H groups in total. The summed E-state index contributed by atoms with van der Waals surface area (Å²) in [7, 11) is 0. The standard InChI is InChI=1S/C16H17F2N3/c1-2-11-4-3-5-14(8-11)21-16(19)20-10-12-9-13(17)6-7-15(12)18/h3-9H,2,10H2,1H3,(H3,19,20,21). The molecule has 3 nitrogen and oxygen atoms in total. The fraction of sp³-hybridized carbons (Fsp3) is 0.188. The molecule has 0 bridgehead atoms. The van der Waals surface area contributed by atoms with Crippen LogP contribution in [-0.2, 0) is 13.0 Å². The molecule has 0 saturated heterocycles. The normalized spacial score (nSPS) is 11.5. The topological polar surface area (TPSA) is 50.4 Å². The van der Waals surface area contributed by atoms with Crippen molar-refractivity contribution < 1.29 is 8.78 Å². The third-order valence-electron chi connectivity index (χ3n) is 3.04. The van der Waals surface area contributed by atoms with E-state index in [1.807, 2.05) is 24.3 Å². The Morgan fingerprint density at radius 2 is 2.00 bits per heavy atom. The average molecular weight is 289 g/mol. The van der Waals surface area contributed by atoms with Gasteiger partial charge in [0.2, 0.25) is 0 Å². The third-order valence-corrected chi connectivity index (χ3v) is 3.04. The molecule has 0 saturated carbocycles. The zero-order valence-corrected chi connectivity index (χ0v) is 11.7. The maximum Gasteiger partial charge on any atom is 0.193 e. The van der Waals surface area contributed by atoms with Crippen LogP contribution >= 0.6 is 0 Å². The molecule has 0 radical (unpaired) electrons. The molecule has 0 aliphatic heterocycles. The number of anilines is 1. The highest BCUT2D eigenvalue weighted by Gasteiger charge is 2.03. The molecule has 2 rings (SSSR count). The number of nitrogens with one attached hydrogen (secondary N) is 1. The van der Waals surface area contributed by atoms with Gasteiger partial charge in [-0.3, -0.25) is 0 Å². The Hall–Kier alpha value is -2.43. The van der Waals surface area contributed by atoms with Crippen LogP contribution in [-0.4, -0.2) is 5.96 Å². The van der Waals surface area contributed by atoms with Crippen molar-refractivity contribution in [3.8, 4) is 0 Å². The van der Waals surface area contributed by atoms with Gasteiger partial charge in [0.15, 0.2) is 5.96 Å². The van der Waals surface area contributed by atoms with Gasteiger partial charge in [-0.25, -0.2) is 13.8 Å². The summed E-state index contributed by atoms with van der Waals surface area (Å²) in [5, 5.41) is 2.93. The summed E-state index contributed by atoms with van der Waals surface area (Å²) in [6.07, 6.45) is 0.918. The van der Waals surface area contributed by atoms with Crippen molar-refractivity contribution in [3.05, 3.63) is 65.2 Å². The third kappa shape index (κ3) is 4.27. The minimum atomic E-state index is -0.499. The van der Waals surface area contributed by atoms with Crippen molar-refractivity contribution >= 4 is 11.6 Å². The molecule has 0 spiro atoms. The Morgan fingerprint density at radius 1 is 1.19 bits per heavy atom. The number of benzene rings is 2. The Kier molecular flexibility index (Phi) is 4.87. The Bertz CT molecular complexity index is 654. The van der Waals surface area contributed by atoms with E-state index in [9.17, 15) is 8.78 Å². The minimum Gasteiger partial charge on any atom is -0.370 e. The Balaban J connectivity index is 2.05. The first kappa shape index (κ1) is 15.0. The van der Waals surface area contributed by atoms with Crippen LogP contribution in [0.15, 0.2) is 47.5 Å². The predicted molar refractivity (Wildman–Crippen MR) is 81.1 cm³/mol. The largest absolute Gasteiger partial charge is 0.370 e. The van der Waals surface area contributed by atoms with E-state index in [-0.39, 0.29) is 18.1 Å². The zero-order chi connectivity index (χ0) is 15.2. The quantitative estimate of drug-likeness (QED) is 0.669. The summed E-state index contributed by atoms with van der Waals surface area (Å²) in [4.78, 5) is 4.02. The molecule has 110 valence electrons. The van der Waals surface area contributed by atoms with E-state index in [4.69, 9.17) is 5.73 Å². The van der Waals surface area contributed by atoms with Gasteiger partial charge >= 0.3 is 0 Å². The number of halogens is 2. The fourth-order valence-electron chi connectivity index (χ4n) is 1.89. The molecule has 0 unspecified atom stereocenters. The van der Waals surface area contributed by atoms with Gasteiger partial charge in [-0.15, -0.1) is 0 Å². The second-order valence-corrected chi connectivity index (χ2v) is 4.62. The SMILES string of the molecule is CCc1cccc(NC(N)=NCc2cc(F)ccc2F)c1. The van der Waals surface area contributed by atoms with Gasteiger partial charge in [0, 0.05) is 11.3 Å². The molecule has 0 amide bonds. The fourth-order valence-corrected chi connectivity index (χ4v) is 1.89. The second-order valence-electron chi connectivity index (χ2n) is 4.62. The monoisotopic (exact) mass is 289 g/mol. The van der Waals surface area contributed by atoms with Crippen molar-refractivity contribution in [2.75, 3.05) is 5.32 Å². The van der Waals surface area contributed by atoms with E-state index >= 15 is 0 Å². The maximum absolute atomic E-state index is 13.4. The first-order valence-electron chi connectivity index (χ1n) is 6.68. The van der Waals surface area contributed by atoms with Gasteiger partial charge in [0.25, 0.3) is 0 Å². The van der Waals surface area contributed by atoms with Gasteiger partial charge in [0.05, 0.1) is 6.54 Å². The molecular formula is C16H17F2N3. The maximum atomic E-state index is 13.4. The van der Waals surface area contributed by atoms with Gasteiger partial charge in [-0.2, -0.15) is 0 Å². The van der Waals surface area contributed by atoms with Crippen molar-refractivity contribution in [2.45, 2.75) is 19.9 Å². The van der Waals surface area contributed by atoms with Crippen molar-refractivity contribution in [2.24, 2.45) is 10.7 Å². The number of nitrogens with zero attached hydrogens (tertiary/aromatic N) is 1. The molecule has 21 heavy (non-hydrogen) atoms. The van der Waals surface area contributed by atoms with Crippen LogP contribution in [0.5, 0.6) is 0 Å². The zero-order valence-electron chi connectivity index (χ0n) is 11.7. The molecule has 0 aromatic heterocycles. The molecular weight excluding hydrogens is 272 g/mol. The molecule has 0 aliphatic rings. The summed E-state index contributed by atoms with van der Waals surface area (Å²) >= 11 is 0. The highest BCUT2D eigenvalue weighted by Crippen LogP contribution is 2.12. The van der Waals surface area contributed by atoms with Crippen molar-refractivity contribution in [1.29, 1.82) is 0 Å². The Labute approximate surface area is 122 Å². The van der Waals surface area contributed by atoms with Crippen molar-refractivity contribution in [3.63, 3.8) is 0 Å². The first-order valence-corrected chi connectivity index (χ1v) is 6.68. The lowest BCUT2D eigenvalue weighted by atomic mass is 10.1. The smallest absolute Gasteiger partial charge is 0.193 e. The van der Waals surface area contributed by atoms with E-state index in [0.717, 1.165) is 30.3 Å². The molecule has 0 heterocycles. The molecule has 2 aromatic rings. The Morgan fingerprint density at radius 3 is 2.76 bits per heavy atom. The lowest BCUT2D eigenvalue weighted by molar-refractivity contribution is 0.586. The number of aryl methyl sites for hydroxylation is 1. The molecule has 0 fully saturated rings. The molecule has 5 heteroatoms. The van der Waals surface area contributed by atoms with Gasteiger partial charge in [-0.05, 0) is 42.3 Å². The second kappa shape index (κ2) is 6.83. The first-order chi connectivity index (χ1) is 10.1. The number of nitrogens with two attached hydrogens (primary N) is 1. The highest BCUT2D eigenvalue weighted by molar-refractivity contribution is 5.92. The summed E-state index contributed by atoms with van der Waals surface area (Å²) < 4.78 is 26.5. The van der Waals surface area contributed by atoms with Gasteiger partial charge in [0.1, 0.15) is 11.6 Å². The summed E-state index contributed by atoms with van der Waals surface area (Å²) in [6, 6.07) is 11.0. The van der Waals surface area contributed by atoms with Gasteiger partial charge in [-0.1, -0.05) is 19.1 Å². The average Bonchev–Trinajstić information content (AvgIpc) is 2.48. The van der Waals surface area contributed by atoms with E-state index < -0.39 is 11.6 Å². The number of aliphatic imine (C=N–C) groups is 1. The van der Waals surface area contributed by atoms with Crippen LogP contribution < -0.4 is 11.1 Å². The number of guanidine groups is 1. The van der Waals surface area contributed by atoms with E-state index in [1.165, 1.54) is 5.56 Å². The van der Waals surface area contributed by atoms with Crippen molar-refractivity contribution in [1.82, 2.24) is 0 Å². The highest BCUT2D eigenvalue weighted by atomic mass is 19.1. The molecule has 2 aromatic carbocycles. The number of hydrogen-bond donors (Lipinski definition) is 2. The van der Waals surface area contributed by atoms with Crippen LogP contribution in [0.25, 0.3) is 0 Å². The molecule has 0 aliphatic carbocycles. The van der Waals surface area contributed by atoms with Crippen LogP contribution in [0.4, 0.5) is 14.5 Å². The van der Waals surface area contributed by atoms with E-state index in [1.54, 1.807) is 0 Å².